The number of aryl methyl sites for hydroxylation is 1. The lowest BCUT2D eigenvalue weighted by Crippen LogP contribution is -2.31. The predicted octanol–water partition coefficient (Wildman–Crippen LogP) is 2.98. The Morgan fingerprint density at radius 2 is 1.92 bits per heavy atom. The van der Waals surface area contributed by atoms with Gasteiger partial charge in [0.05, 0.1) is 18.7 Å². The highest BCUT2D eigenvalue weighted by Gasteiger charge is 2.16. The number of urea groups is 1. The van der Waals surface area contributed by atoms with Gasteiger partial charge in [0.2, 0.25) is 0 Å². The van der Waals surface area contributed by atoms with E-state index in [9.17, 15) is 9.59 Å². The standard InChI is InChI=1S/C19H24N4O3/c1-12-6-7-14(11-20-12)13(2)21-19(25)22-15-8-9-17(26-5)16(10-15)18(24)23(3)4/h6-11,13H,1-5H3,(H2,21,22,25)/t13-/m1/s1. The Hall–Kier alpha value is -3.09. The number of amides is 3. The fourth-order valence-electron chi connectivity index (χ4n) is 2.38. The smallest absolute Gasteiger partial charge is 0.319 e. The molecule has 1 aromatic heterocycles. The van der Waals surface area contributed by atoms with E-state index in [2.05, 4.69) is 15.6 Å². The number of hydrogen-bond acceptors (Lipinski definition) is 4. The highest BCUT2D eigenvalue weighted by atomic mass is 16.5. The normalized spacial score (nSPS) is 11.4. The first-order valence-corrected chi connectivity index (χ1v) is 8.21. The van der Waals surface area contributed by atoms with Crippen LogP contribution in [-0.2, 0) is 0 Å². The summed E-state index contributed by atoms with van der Waals surface area (Å²) in [5.41, 5.74) is 2.71. The van der Waals surface area contributed by atoms with E-state index in [1.54, 1.807) is 38.5 Å². The Bertz CT molecular complexity index is 788. The first-order chi connectivity index (χ1) is 12.3. The van der Waals surface area contributed by atoms with Crippen molar-refractivity contribution in [3.05, 3.63) is 53.3 Å². The molecule has 0 radical (unpaired) electrons. The molecule has 1 aromatic carbocycles. The first-order valence-electron chi connectivity index (χ1n) is 8.21. The van der Waals surface area contributed by atoms with Crippen LogP contribution in [0.2, 0.25) is 0 Å². The van der Waals surface area contributed by atoms with Gasteiger partial charge >= 0.3 is 6.03 Å². The van der Waals surface area contributed by atoms with Gasteiger partial charge in [-0.1, -0.05) is 6.07 Å². The quantitative estimate of drug-likeness (QED) is 0.863. The van der Waals surface area contributed by atoms with Gasteiger partial charge in [-0.25, -0.2) is 4.79 Å². The van der Waals surface area contributed by atoms with Gasteiger partial charge in [0.1, 0.15) is 5.75 Å². The van der Waals surface area contributed by atoms with Gasteiger partial charge in [0.15, 0.2) is 0 Å². The molecule has 3 amide bonds. The van der Waals surface area contributed by atoms with E-state index in [-0.39, 0.29) is 18.0 Å². The Morgan fingerprint density at radius 3 is 2.50 bits per heavy atom. The average Bonchev–Trinajstić information content (AvgIpc) is 2.61. The van der Waals surface area contributed by atoms with Gasteiger partial charge in [-0.3, -0.25) is 9.78 Å². The average molecular weight is 356 g/mol. The summed E-state index contributed by atoms with van der Waals surface area (Å²) >= 11 is 0. The molecule has 2 N–H and O–H groups in total. The van der Waals surface area contributed by atoms with Crippen molar-refractivity contribution < 1.29 is 14.3 Å². The summed E-state index contributed by atoms with van der Waals surface area (Å²) in [4.78, 5) is 30.2. The van der Waals surface area contributed by atoms with Gasteiger partial charge in [-0.15, -0.1) is 0 Å². The number of nitrogens with one attached hydrogen (secondary N) is 2. The lowest BCUT2D eigenvalue weighted by molar-refractivity contribution is 0.0824. The molecule has 7 heteroatoms. The van der Waals surface area contributed by atoms with Crippen LogP contribution in [0.15, 0.2) is 36.5 Å². The minimum Gasteiger partial charge on any atom is -0.496 e. The zero-order valence-electron chi connectivity index (χ0n) is 15.7. The molecule has 0 spiro atoms. The third-order valence-corrected chi connectivity index (χ3v) is 3.88. The van der Waals surface area contributed by atoms with Crippen LogP contribution in [0.25, 0.3) is 0 Å². The van der Waals surface area contributed by atoms with E-state index >= 15 is 0 Å². The van der Waals surface area contributed by atoms with Crippen molar-refractivity contribution in [2.45, 2.75) is 19.9 Å². The zero-order chi connectivity index (χ0) is 19.3. The number of nitrogens with zero attached hydrogens (tertiary/aromatic N) is 2. The number of carbonyl (C=O) groups is 2. The van der Waals surface area contributed by atoms with Gasteiger partial charge < -0.3 is 20.3 Å². The first kappa shape index (κ1) is 19.2. The third kappa shape index (κ3) is 4.72. The molecule has 0 aliphatic rings. The number of carbonyl (C=O) groups excluding carboxylic acids is 2. The largest absolute Gasteiger partial charge is 0.496 e. The fraction of sp³-hybridized carbons (Fsp3) is 0.316. The number of aromatic nitrogens is 1. The Labute approximate surface area is 153 Å². The lowest BCUT2D eigenvalue weighted by Gasteiger charge is -2.17. The maximum Gasteiger partial charge on any atom is 0.319 e. The lowest BCUT2D eigenvalue weighted by atomic mass is 10.1. The van der Waals surface area contributed by atoms with Crippen LogP contribution >= 0.6 is 0 Å². The molecule has 1 atom stereocenters. The number of ether oxygens (including phenoxy) is 1. The van der Waals surface area contributed by atoms with Crippen molar-refractivity contribution in [3.63, 3.8) is 0 Å². The molecule has 0 fully saturated rings. The minimum absolute atomic E-state index is 0.204. The van der Waals surface area contributed by atoms with Crippen LogP contribution in [0.3, 0.4) is 0 Å². The maximum atomic E-state index is 12.3. The second-order valence-electron chi connectivity index (χ2n) is 6.17. The second kappa shape index (κ2) is 8.33. The summed E-state index contributed by atoms with van der Waals surface area (Å²) in [6, 6.07) is 8.18. The van der Waals surface area contributed by atoms with Crippen molar-refractivity contribution >= 4 is 17.6 Å². The number of benzene rings is 1. The molecule has 26 heavy (non-hydrogen) atoms. The fourth-order valence-corrected chi connectivity index (χ4v) is 2.38. The molecule has 0 aliphatic carbocycles. The second-order valence-corrected chi connectivity index (χ2v) is 6.17. The van der Waals surface area contributed by atoms with Crippen LogP contribution in [0, 0.1) is 6.92 Å². The van der Waals surface area contributed by atoms with Gasteiger partial charge in [0.25, 0.3) is 5.91 Å². The molecule has 2 rings (SSSR count). The van der Waals surface area contributed by atoms with Crippen molar-refractivity contribution in [2.75, 3.05) is 26.5 Å². The Morgan fingerprint density at radius 1 is 1.19 bits per heavy atom. The van der Waals surface area contributed by atoms with Crippen LogP contribution in [0.1, 0.15) is 34.6 Å². The van der Waals surface area contributed by atoms with Crippen molar-refractivity contribution in [1.29, 1.82) is 0 Å². The molecule has 2 aromatic rings. The summed E-state index contributed by atoms with van der Waals surface area (Å²) in [5, 5.41) is 5.59. The summed E-state index contributed by atoms with van der Waals surface area (Å²) in [6.07, 6.45) is 1.74. The highest BCUT2D eigenvalue weighted by molar-refractivity contribution is 5.99. The molecule has 7 nitrogen and oxygen atoms in total. The molecule has 0 saturated carbocycles. The summed E-state index contributed by atoms with van der Waals surface area (Å²) in [7, 11) is 4.82. The Balaban J connectivity index is 2.09. The van der Waals surface area contributed by atoms with Crippen molar-refractivity contribution in [2.24, 2.45) is 0 Å². The van der Waals surface area contributed by atoms with Crippen LogP contribution < -0.4 is 15.4 Å². The third-order valence-electron chi connectivity index (χ3n) is 3.88. The number of hydrogen-bond donors (Lipinski definition) is 2. The summed E-state index contributed by atoms with van der Waals surface area (Å²) in [5.74, 6) is 0.249. The number of anilines is 1. The van der Waals surface area contributed by atoms with E-state index in [1.165, 1.54) is 12.0 Å². The SMILES string of the molecule is COc1ccc(NC(=O)N[C@H](C)c2ccc(C)nc2)cc1C(=O)N(C)C. The predicted molar refractivity (Wildman–Crippen MR) is 101 cm³/mol. The topological polar surface area (TPSA) is 83.6 Å². The van der Waals surface area contributed by atoms with Gasteiger partial charge in [0, 0.05) is 31.7 Å². The summed E-state index contributed by atoms with van der Waals surface area (Å²) < 4.78 is 5.23. The van der Waals surface area contributed by atoms with Crippen molar-refractivity contribution in [3.8, 4) is 5.75 Å². The molecule has 0 unspecified atom stereocenters. The van der Waals surface area contributed by atoms with Crippen LogP contribution in [0.4, 0.5) is 10.5 Å². The van der Waals surface area contributed by atoms with Crippen LogP contribution in [0.5, 0.6) is 5.75 Å². The number of pyridine rings is 1. The molecule has 0 bridgehead atoms. The summed E-state index contributed by atoms with van der Waals surface area (Å²) in [6.45, 7) is 3.78. The van der Waals surface area contributed by atoms with Gasteiger partial charge in [-0.05, 0) is 43.7 Å². The molecule has 0 saturated heterocycles. The van der Waals surface area contributed by atoms with E-state index in [4.69, 9.17) is 4.74 Å². The number of rotatable bonds is 5. The highest BCUT2D eigenvalue weighted by Crippen LogP contribution is 2.24. The van der Waals surface area contributed by atoms with Gasteiger partial charge in [-0.2, -0.15) is 0 Å². The molecule has 0 aliphatic heterocycles. The van der Waals surface area contributed by atoms with E-state index in [0.717, 1.165) is 11.3 Å². The molecule has 138 valence electrons. The molecular formula is C19H24N4O3. The molecular weight excluding hydrogens is 332 g/mol. The Kier molecular flexibility index (Phi) is 6.16. The monoisotopic (exact) mass is 356 g/mol. The van der Waals surface area contributed by atoms with E-state index in [0.29, 0.717) is 17.0 Å². The van der Waals surface area contributed by atoms with E-state index < -0.39 is 0 Å². The maximum absolute atomic E-state index is 12.3. The van der Waals surface area contributed by atoms with Crippen molar-refractivity contribution in [1.82, 2.24) is 15.2 Å². The zero-order valence-corrected chi connectivity index (χ0v) is 15.7. The number of methoxy groups -OCH3 is 1. The van der Waals surface area contributed by atoms with Crippen LogP contribution in [-0.4, -0.2) is 43.0 Å². The minimum atomic E-state index is -0.369. The van der Waals surface area contributed by atoms with E-state index in [1.807, 2.05) is 26.0 Å². The molecule has 1 heterocycles.